The number of rotatable bonds is 7. The Balaban J connectivity index is 0.00000361. The van der Waals surface area contributed by atoms with E-state index in [9.17, 15) is 0 Å². The van der Waals surface area contributed by atoms with Crippen LogP contribution < -0.4 is 4.52 Å². The smallest absolute Gasteiger partial charge is 0.381 e. The first-order valence-electron chi connectivity index (χ1n) is 6.34. The van der Waals surface area contributed by atoms with E-state index in [1.54, 1.807) is 6.07 Å². The molecule has 0 aromatic carbocycles. The van der Waals surface area contributed by atoms with Crippen molar-refractivity contribution in [2.45, 2.75) is 48.0 Å². The monoisotopic (exact) mass is 320 g/mol. The Morgan fingerprint density at radius 2 is 1.75 bits per heavy atom. The molecule has 1 rings (SSSR count). The predicted molar refractivity (Wildman–Crippen MR) is 85.8 cm³/mol. The third-order valence-electron chi connectivity index (χ3n) is 2.14. The second-order valence-electron chi connectivity index (χ2n) is 4.23. The summed E-state index contributed by atoms with van der Waals surface area (Å²) in [5.74, 6) is 1.37. The molecule has 0 N–H and O–H groups in total. The van der Waals surface area contributed by atoms with Crippen LogP contribution in [0.4, 0.5) is 0 Å². The standard InChI is InChI=1S/C12H21N2O3PS.CH4/c1-6-15-18(19,16-7-2)17-11-8-10(5)13-12(14-11)9(3)4;/h8-9H,6-7H2,1-5H3;1H4. The molecule has 116 valence electrons. The van der Waals surface area contributed by atoms with E-state index < -0.39 is 6.72 Å². The highest BCUT2D eigenvalue weighted by Gasteiger charge is 2.22. The normalized spacial score (nSPS) is 11.3. The summed E-state index contributed by atoms with van der Waals surface area (Å²) in [6.07, 6.45) is 0. The molecule has 0 amide bonds. The molecule has 0 saturated heterocycles. The van der Waals surface area contributed by atoms with Gasteiger partial charge in [0.1, 0.15) is 5.82 Å². The summed E-state index contributed by atoms with van der Waals surface area (Å²) in [6.45, 7) is 7.78. The van der Waals surface area contributed by atoms with E-state index >= 15 is 0 Å². The van der Waals surface area contributed by atoms with Crippen molar-refractivity contribution in [2.75, 3.05) is 13.2 Å². The van der Waals surface area contributed by atoms with Crippen molar-refractivity contribution < 1.29 is 13.6 Å². The van der Waals surface area contributed by atoms with E-state index in [0.717, 1.165) is 11.5 Å². The first-order valence-corrected chi connectivity index (χ1v) is 8.90. The van der Waals surface area contributed by atoms with Gasteiger partial charge in [-0.2, -0.15) is 4.98 Å². The Morgan fingerprint density at radius 1 is 1.20 bits per heavy atom. The van der Waals surface area contributed by atoms with Gasteiger partial charge >= 0.3 is 6.72 Å². The Labute approximate surface area is 127 Å². The van der Waals surface area contributed by atoms with Gasteiger partial charge in [0.25, 0.3) is 0 Å². The van der Waals surface area contributed by atoms with Crippen LogP contribution in [0.2, 0.25) is 0 Å². The second-order valence-corrected chi connectivity index (χ2v) is 7.17. The highest BCUT2D eigenvalue weighted by atomic mass is 32.5. The molecular weight excluding hydrogens is 295 g/mol. The quantitative estimate of drug-likeness (QED) is 0.701. The van der Waals surface area contributed by atoms with Gasteiger partial charge in [-0.1, -0.05) is 21.3 Å². The predicted octanol–water partition coefficient (Wildman–Crippen LogP) is 4.22. The molecule has 5 nitrogen and oxygen atoms in total. The lowest BCUT2D eigenvalue weighted by Crippen LogP contribution is -2.06. The molecule has 0 aliphatic heterocycles. The van der Waals surface area contributed by atoms with Crippen LogP contribution in [0.5, 0.6) is 5.88 Å². The zero-order chi connectivity index (χ0) is 14.5. The maximum atomic E-state index is 5.68. The van der Waals surface area contributed by atoms with Crippen LogP contribution in [0.3, 0.4) is 0 Å². The lowest BCUT2D eigenvalue weighted by Gasteiger charge is -2.20. The maximum Gasteiger partial charge on any atom is 0.381 e. The van der Waals surface area contributed by atoms with Crippen molar-refractivity contribution in [3.05, 3.63) is 17.6 Å². The Morgan fingerprint density at radius 3 is 2.20 bits per heavy atom. The fraction of sp³-hybridized carbons (Fsp3) is 0.692. The van der Waals surface area contributed by atoms with E-state index in [2.05, 4.69) is 9.97 Å². The number of hydrogen-bond donors (Lipinski definition) is 0. The average molecular weight is 320 g/mol. The summed E-state index contributed by atoms with van der Waals surface area (Å²) < 4.78 is 16.6. The van der Waals surface area contributed by atoms with Gasteiger partial charge < -0.3 is 4.52 Å². The van der Waals surface area contributed by atoms with E-state index in [1.165, 1.54) is 0 Å². The Bertz CT molecular complexity index is 459. The van der Waals surface area contributed by atoms with Crippen LogP contribution in [-0.4, -0.2) is 23.2 Å². The van der Waals surface area contributed by atoms with Crippen LogP contribution in [0.1, 0.15) is 52.6 Å². The third kappa shape index (κ3) is 5.83. The van der Waals surface area contributed by atoms with Crippen LogP contribution in [-0.2, 0) is 20.9 Å². The van der Waals surface area contributed by atoms with Crippen LogP contribution in [0.15, 0.2) is 6.07 Å². The van der Waals surface area contributed by atoms with E-state index in [0.29, 0.717) is 19.1 Å². The molecule has 0 atom stereocenters. The molecule has 0 radical (unpaired) electrons. The van der Waals surface area contributed by atoms with Crippen molar-refractivity contribution >= 4 is 18.5 Å². The van der Waals surface area contributed by atoms with Gasteiger partial charge in [0.05, 0.1) is 13.2 Å². The molecule has 1 heterocycles. The first kappa shape index (κ1) is 19.4. The highest BCUT2D eigenvalue weighted by Crippen LogP contribution is 2.49. The fourth-order valence-electron chi connectivity index (χ4n) is 1.39. The summed E-state index contributed by atoms with van der Waals surface area (Å²) in [4.78, 5) is 8.71. The molecule has 0 bridgehead atoms. The van der Waals surface area contributed by atoms with Crippen molar-refractivity contribution in [3.8, 4) is 5.88 Å². The van der Waals surface area contributed by atoms with E-state index in [1.807, 2.05) is 34.6 Å². The number of aryl methyl sites for hydroxylation is 1. The fourth-order valence-corrected chi connectivity index (χ4v) is 3.38. The minimum Gasteiger partial charge on any atom is -0.406 e. The maximum absolute atomic E-state index is 5.68. The molecular formula is C13H25N2O3PS. The third-order valence-corrected chi connectivity index (χ3v) is 4.56. The topological polar surface area (TPSA) is 53.5 Å². The lowest BCUT2D eigenvalue weighted by molar-refractivity contribution is 0.215. The van der Waals surface area contributed by atoms with Gasteiger partial charge in [-0.3, -0.25) is 9.05 Å². The van der Waals surface area contributed by atoms with Gasteiger partial charge in [0, 0.05) is 29.5 Å². The molecule has 7 heteroatoms. The van der Waals surface area contributed by atoms with Crippen molar-refractivity contribution in [1.29, 1.82) is 0 Å². The van der Waals surface area contributed by atoms with Gasteiger partial charge in [0.15, 0.2) is 0 Å². The molecule has 0 unspecified atom stereocenters. The molecule has 20 heavy (non-hydrogen) atoms. The minimum absolute atomic E-state index is 0. The van der Waals surface area contributed by atoms with E-state index in [4.69, 9.17) is 25.4 Å². The van der Waals surface area contributed by atoms with Gasteiger partial charge in [-0.05, 0) is 20.8 Å². The van der Waals surface area contributed by atoms with Crippen molar-refractivity contribution in [1.82, 2.24) is 9.97 Å². The summed E-state index contributed by atoms with van der Waals surface area (Å²) in [7, 11) is 0. The summed E-state index contributed by atoms with van der Waals surface area (Å²) in [5, 5.41) is 0. The summed E-state index contributed by atoms with van der Waals surface area (Å²) in [5.41, 5.74) is 0.836. The highest BCUT2D eigenvalue weighted by molar-refractivity contribution is 8.07. The van der Waals surface area contributed by atoms with Crippen LogP contribution in [0, 0.1) is 6.92 Å². The van der Waals surface area contributed by atoms with Crippen LogP contribution in [0.25, 0.3) is 0 Å². The van der Waals surface area contributed by atoms with Crippen molar-refractivity contribution in [2.24, 2.45) is 0 Å². The molecule has 1 aromatic rings. The van der Waals surface area contributed by atoms with E-state index in [-0.39, 0.29) is 13.3 Å². The SMILES string of the molecule is C.CCOP(=S)(OCC)Oc1cc(C)nc(C(C)C)n1. The van der Waals surface area contributed by atoms with Gasteiger partial charge in [-0.25, -0.2) is 4.98 Å². The molecule has 0 aliphatic rings. The first-order chi connectivity index (χ1) is 8.90. The molecule has 1 aromatic heterocycles. The zero-order valence-corrected chi connectivity index (χ0v) is 13.8. The molecule has 0 saturated carbocycles. The van der Waals surface area contributed by atoms with Gasteiger partial charge in [0.2, 0.25) is 5.88 Å². The lowest BCUT2D eigenvalue weighted by atomic mass is 10.2. The number of nitrogens with zero attached hydrogens (tertiary/aromatic N) is 2. The average Bonchev–Trinajstić information content (AvgIpc) is 2.28. The molecule has 0 fully saturated rings. The minimum atomic E-state index is -2.77. The Kier molecular flexibility index (Phi) is 8.44. The molecule has 0 spiro atoms. The number of hydrogen-bond acceptors (Lipinski definition) is 6. The number of aromatic nitrogens is 2. The van der Waals surface area contributed by atoms with Gasteiger partial charge in [-0.15, -0.1) is 0 Å². The molecule has 0 aliphatic carbocycles. The zero-order valence-electron chi connectivity index (χ0n) is 12.0. The second kappa shape index (κ2) is 8.67. The Hall–Kier alpha value is -0.550. The summed E-state index contributed by atoms with van der Waals surface area (Å²) in [6, 6.07) is 1.74. The summed E-state index contributed by atoms with van der Waals surface area (Å²) >= 11 is 5.32. The van der Waals surface area contributed by atoms with Crippen LogP contribution >= 0.6 is 6.72 Å². The van der Waals surface area contributed by atoms with Crippen molar-refractivity contribution in [3.63, 3.8) is 0 Å². The largest absolute Gasteiger partial charge is 0.406 e.